The predicted molar refractivity (Wildman–Crippen MR) is 129 cm³/mol. The smallest absolute Gasteiger partial charge is 0.417 e. The second kappa shape index (κ2) is 9.74. The fourth-order valence-electron chi connectivity index (χ4n) is 4.14. The van der Waals surface area contributed by atoms with Crippen molar-refractivity contribution in [3.63, 3.8) is 0 Å². The molecule has 0 saturated carbocycles. The predicted octanol–water partition coefficient (Wildman–Crippen LogP) is 3.58. The normalized spacial score (nSPS) is 14.9. The first-order valence-electron chi connectivity index (χ1n) is 10.9. The fourth-order valence-corrected chi connectivity index (χ4v) is 5.01. The van der Waals surface area contributed by atoms with Crippen LogP contribution in [0.2, 0.25) is 0 Å². The van der Waals surface area contributed by atoms with Crippen molar-refractivity contribution in [1.82, 2.24) is 14.8 Å². The van der Waals surface area contributed by atoms with E-state index in [2.05, 4.69) is 20.3 Å². The van der Waals surface area contributed by atoms with Gasteiger partial charge in [0.2, 0.25) is 0 Å². The number of carbonyl (C=O) groups is 1. The maximum atomic E-state index is 13.7. The number of hydrogen-bond acceptors (Lipinski definition) is 8. The number of nitrogen functional groups attached to an aromatic ring is 1. The zero-order chi connectivity index (χ0) is 25.3. The van der Waals surface area contributed by atoms with Crippen LogP contribution in [0, 0.1) is 5.92 Å². The van der Waals surface area contributed by atoms with Crippen molar-refractivity contribution in [3.8, 4) is 16.3 Å². The van der Waals surface area contributed by atoms with E-state index in [1.54, 1.807) is 11.7 Å². The molecule has 0 aliphatic carbocycles. The Bertz CT molecular complexity index is 1220. The number of halogens is 3. The molecule has 2 aromatic heterocycles. The van der Waals surface area contributed by atoms with Crippen molar-refractivity contribution in [1.29, 1.82) is 0 Å². The van der Waals surface area contributed by atoms with E-state index < -0.39 is 17.6 Å². The van der Waals surface area contributed by atoms with Crippen LogP contribution >= 0.6 is 11.3 Å². The van der Waals surface area contributed by atoms with Crippen molar-refractivity contribution in [3.05, 3.63) is 35.7 Å². The number of hydrogen-bond donors (Lipinski definition) is 3. The minimum atomic E-state index is -4.64. The lowest BCUT2D eigenvalue weighted by Gasteiger charge is -2.33. The van der Waals surface area contributed by atoms with Crippen LogP contribution in [0.25, 0.3) is 10.6 Å². The molecule has 1 aromatic carbocycles. The summed E-state index contributed by atoms with van der Waals surface area (Å²) in [6, 6.07) is 3.55. The van der Waals surface area contributed by atoms with Crippen LogP contribution in [-0.4, -0.2) is 47.4 Å². The standard InChI is InChI=1S/C22H26F3N7O2S/c1-31-21(32-7-5-12(10-26)6-8-32)16(11-28-31)29-19(33)17-18(27)35-20(30-17)14-4-3-13(34-2)9-15(14)22(23,24)25/h3-4,9,11-12H,5-8,10,26-27H2,1-2H3,(H,29,33). The molecule has 1 saturated heterocycles. The molecule has 13 heteroatoms. The highest BCUT2D eigenvalue weighted by Crippen LogP contribution is 2.41. The minimum absolute atomic E-state index is 0.00985. The Morgan fingerprint density at radius 2 is 2.03 bits per heavy atom. The molecule has 0 atom stereocenters. The van der Waals surface area contributed by atoms with Crippen molar-refractivity contribution in [2.75, 3.05) is 42.7 Å². The molecule has 0 radical (unpaired) electrons. The first-order chi connectivity index (χ1) is 16.6. The lowest BCUT2D eigenvalue weighted by atomic mass is 9.97. The van der Waals surface area contributed by atoms with E-state index in [1.807, 2.05) is 0 Å². The molecule has 0 spiro atoms. The van der Waals surface area contributed by atoms with Crippen molar-refractivity contribution in [2.24, 2.45) is 18.7 Å². The average Bonchev–Trinajstić information content (AvgIpc) is 3.40. The number of nitrogens with one attached hydrogen (secondary N) is 1. The van der Waals surface area contributed by atoms with Crippen molar-refractivity contribution >= 4 is 33.8 Å². The molecule has 3 aromatic rings. The Kier molecular flexibility index (Phi) is 6.90. The molecular formula is C22H26F3N7O2S. The van der Waals surface area contributed by atoms with Gasteiger partial charge >= 0.3 is 6.18 Å². The second-order valence-corrected chi connectivity index (χ2v) is 9.30. The number of anilines is 3. The molecule has 188 valence electrons. The summed E-state index contributed by atoms with van der Waals surface area (Å²) in [6.45, 7) is 2.17. The number of aryl methyl sites for hydroxylation is 1. The number of thiazole rings is 1. The SMILES string of the molecule is COc1ccc(-c2nc(C(=O)Nc3cnn(C)c3N3CCC(CN)CC3)c(N)s2)c(C(F)(F)F)c1. The van der Waals surface area contributed by atoms with Gasteiger partial charge in [0.15, 0.2) is 11.5 Å². The van der Waals surface area contributed by atoms with Gasteiger partial charge in [-0.25, -0.2) is 4.98 Å². The zero-order valence-electron chi connectivity index (χ0n) is 19.2. The summed E-state index contributed by atoms with van der Waals surface area (Å²) < 4.78 is 47.6. The van der Waals surface area contributed by atoms with Gasteiger partial charge in [0.05, 0.1) is 18.9 Å². The summed E-state index contributed by atoms with van der Waals surface area (Å²) in [7, 11) is 3.06. The lowest BCUT2D eigenvalue weighted by molar-refractivity contribution is -0.137. The summed E-state index contributed by atoms with van der Waals surface area (Å²) in [5.41, 5.74) is 11.0. The van der Waals surface area contributed by atoms with Gasteiger partial charge < -0.3 is 26.4 Å². The topological polar surface area (TPSA) is 124 Å². The van der Waals surface area contributed by atoms with E-state index in [0.29, 0.717) is 18.2 Å². The summed E-state index contributed by atoms with van der Waals surface area (Å²) in [4.78, 5) is 19.3. The number of nitrogens with two attached hydrogens (primary N) is 2. The summed E-state index contributed by atoms with van der Waals surface area (Å²) in [5.74, 6) is 0.629. The number of amides is 1. The third kappa shape index (κ3) is 5.05. The zero-order valence-corrected chi connectivity index (χ0v) is 20.0. The number of ether oxygens (including phenoxy) is 1. The van der Waals surface area contributed by atoms with Gasteiger partial charge in [-0.1, -0.05) is 11.3 Å². The summed E-state index contributed by atoms with van der Waals surface area (Å²) in [5, 5.41) is 7.02. The maximum absolute atomic E-state index is 13.7. The Hall–Kier alpha value is -3.32. The van der Waals surface area contributed by atoms with Gasteiger partial charge in [-0.2, -0.15) is 18.3 Å². The number of benzene rings is 1. The Morgan fingerprint density at radius 3 is 2.66 bits per heavy atom. The lowest BCUT2D eigenvalue weighted by Crippen LogP contribution is -2.37. The van der Waals surface area contributed by atoms with Crippen LogP contribution in [0.15, 0.2) is 24.4 Å². The van der Waals surface area contributed by atoms with Crippen LogP contribution in [0.3, 0.4) is 0 Å². The van der Waals surface area contributed by atoms with Crippen LogP contribution in [0.4, 0.5) is 29.7 Å². The molecule has 0 unspecified atom stereocenters. The average molecular weight is 510 g/mol. The molecule has 1 fully saturated rings. The molecule has 1 amide bonds. The van der Waals surface area contributed by atoms with E-state index in [9.17, 15) is 18.0 Å². The summed E-state index contributed by atoms with van der Waals surface area (Å²) >= 11 is 0.812. The van der Waals surface area contributed by atoms with Gasteiger partial charge in [-0.3, -0.25) is 9.48 Å². The molecule has 35 heavy (non-hydrogen) atoms. The highest BCUT2D eigenvalue weighted by molar-refractivity contribution is 7.19. The van der Waals surface area contributed by atoms with Gasteiger partial charge in [-0.15, -0.1) is 0 Å². The second-order valence-electron chi connectivity index (χ2n) is 8.27. The Balaban J connectivity index is 1.60. The highest BCUT2D eigenvalue weighted by Gasteiger charge is 2.35. The van der Waals surface area contributed by atoms with Gasteiger partial charge in [0, 0.05) is 25.7 Å². The Labute approximate surface area is 203 Å². The highest BCUT2D eigenvalue weighted by atomic mass is 32.1. The molecule has 1 aliphatic heterocycles. The third-order valence-corrected chi connectivity index (χ3v) is 6.95. The van der Waals surface area contributed by atoms with E-state index >= 15 is 0 Å². The molecule has 3 heterocycles. The number of nitrogens with zero attached hydrogens (tertiary/aromatic N) is 4. The first kappa shape index (κ1) is 24.8. The molecule has 1 aliphatic rings. The fraction of sp³-hybridized carbons (Fsp3) is 0.409. The van der Waals surface area contributed by atoms with Gasteiger partial charge in [-0.05, 0) is 43.5 Å². The number of aromatic nitrogens is 3. The van der Waals surface area contributed by atoms with Crippen LogP contribution in [0.5, 0.6) is 5.75 Å². The monoisotopic (exact) mass is 509 g/mol. The number of methoxy groups -OCH3 is 1. The largest absolute Gasteiger partial charge is 0.497 e. The quantitative estimate of drug-likeness (QED) is 0.464. The minimum Gasteiger partial charge on any atom is -0.497 e. The van der Waals surface area contributed by atoms with Crippen molar-refractivity contribution in [2.45, 2.75) is 19.0 Å². The van der Waals surface area contributed by atoms with E-state index in [1.165, 1.54) is 25.4 Å². The van der Waals surface area contributed by atoms with Crippen LogP contribution < -0.4 is 26.4 Å². The Morgan fingerprint density at radius 1 is 1.31 bits per heavy atom. The van der Waals surface area contributed by atoms with Crippen molar-refractivity contribution < 1.29 is 22.7 Å². The number of alkyl halides is 3. The molecular weight excluding hydrogens is 483 g/mol. The third-order valence-electron chi connectivity index (χ3n) is 6.03. The maximum Gasteiger partial charge on any atom is 0.417 e. The van der Waals surface area contributed by atoms with E-state index in [-0.39, 0.29) is 27.0 Å². The molecule has 9 nitrogen and oxygen atoms in total. The van der Waals surface area contributed by atoms with E-state index in [4.69, 9.17) is 16.2 Å². The molecule has 5 N–H and O–H groups in total. The first-order valence-corrected chi connectivity index (χ1v) is 11.7. The number of piperidine rings is 1. The molecule has 4 rings (SSSR count). The summed E-state index contributed by atoms with van der Waals surface area (Å²) in [6.07, 6.45) is -1.26. The number of carbonyl (C=O) groups excluding carboxylic acids is 1. The van der Waals surface area contributed by atoms with Crippen LogP contribution in [-0.2, 0) is 13.2 Å². The van der Waals surface area contributed by atoms with Crippen LogP contribution in [0.1, 0.15) is 28.9 Å². The van der Waals surface area contributed by atoms with Gasteiger partial charge in [0.1, 0.15) is 21.4 Å². The number of rotatable bonds is 6. The van der Waals surface area contributed by atoms with E-state index in [0.717, 1.165) is 49.2 Å². The molecule has 0 bridgehead atoms. The van der Waals surface area contributed by atoms with Gasteiger partial charge in [0.25, 0.3) is 5.91 Å².